The monoisotopic (exact) mass is 332 g/mol. The summed E-state index contributed by atoms with van der Waals surface area (Å²) in [7, 11) is 0. The molecule has 0 heterocycles. The molecule has 0 nitrogen and oxygen atoms in total. The fraction of sp³-hybridized carbons (Fsp3) is 1.00. The van der Waals surface area contributed by atoms with Crippen LogP contribution in [0.25, 0.3) is 0 Å². The van der Waals surface area contributed by atoms with E-state index in [1.807, 2.05) is 0 Å². The molecule has 3 saturated carbocycles. The van der Waals surface area contributed by atoms with Gasteiger partial charge in [-0.1, -0.05) is 103 Å². The average Bonchev–Trinajstić information content (AvgIpc) is 2.60. The van der Waals surface area contributed by atoms with Crippen LogP contribution in [-0.4, -0.2) is 0 Å². The van der Waals surface area contributed by atoms with E-state index in [0.29, 0.717) is 0 Å². The summed E-state index contributed by atoms with van der Waals surface area (Å²) in [5, 5.41) is 0. The lowest BCUT2D eigenvalue weighted by Crippen LogP contribution is -2.26. The Labute approximate surface area is 152 Å². The molecule has 0 aromatic heterocycles. The van der Waals surface area contributed by atoms with Crippen molar-refractivity contribution >= 4 is 0 Å². The zero-order valence-electron chi connectivity index (χ0n) is 16.5. The topological polar surface area (TPSA) is 0 Å². The Kier molecular flexibility index (Phi) is 8.51. The van der Waals surface area contributed by atoms with Gasteiger partial charge >= 0.3 is 0 Å². The normalized spacial score (nSPS) is 33.5. The first kappa shape index (κ1) is 18.8. The lowest BCUT2D eigenvalue weighted by molar-refractivity contribution is 0.134. The van der Waals surface area contributed by atoms with Crippen LogP contribution in [0.3, 0.4) is 0 Å². The molecule has 24 heavy (non-hydrogen) atoms. The van der Waals surface area contributed by atoms with E-state index < -0.39 is 0 Å². The van der Waals surface area contributed by atoms with Crippen LogP contribution >= 0.6 is 0 Å². The minimum absolute atomic E-state index is 1.10. The molecule has 3 fully saturated rings. The molecule has 0 amide bonds. The van der Waals surface area contributed by atoms with Crippen molar-refractivity contribution in [2.24, 2.45) is 23.7 Å². The van der Waals surface area contributed by atoms with E-state index in [9.17, 15) is 0 Å². The van der Waals surface area contributed by atoms with Crippen LogP contribution in [-0.2, 0) is 0 Å². The Bertz CT molecular complexity index is 294. The lowest BCUT2D eigenvalue weighted by Gasteiger charge is -2.38. The Morgan fingerprint density at radius 3 is 0.708 bits per heavy atom. The molecule has 0 N–H and O–H groups in total. The fourth-order valence-electron chi connectivity index (χ4n) is 6.36. The van der Waals surface area contributed by atoms with Gasteiger partial charge < -0.3 is 0 Å². The molecule has 0 spiro atoms. The predicted molar refractivity (Wildman–Crippen MR) is 106 cm³/mol. The van der Waals surface area contributed by atoms with Crippen LogP contribution in [0.4, 0.5) is 0 Å². The Hall–Kier alpha value is 0. The van der Waals surface area contributed by atoms with E-state index in [1.54, 1.807) is 51.4 Å². The van der Waals surface area contributed by atoms with Gasteiger partial charge in [0, 0.05) is 0 Å². The summed E-state index contributed by atoms with van der Waals surface area (Å²) in [4.78, 5) is 0. The maximum atomic E-state index is 1.59. The Morgan fingerprint density at radius 2 is 0.417 bits per heavy atom. The number of hydrogen-bond donors (Lipinski definition) is 0. The molecule has 0 atom stereocenters. The summed E-state index contributed by atoms with van der Waals surface area (Å²) in [6.45, 7) is 0. The largest absolute Gasteiger partial charge is 0.0533 e. The van der Waals surface area contributed by atoms with Gasteiger partial charge in [0.2, 0.25) is 0 Å². The smallest absolute Gasteiger partial charge is 0.0386 e. The van der Waals surface area contributed by atoms with Crippen LogP contribution in [0.2, 0.25) is 0 Å². The third kappa shape index (κ3) is 6.06. The first-order chi connectivity index (χ1) is 11.9. The van der Waals surface area contributed by atoms with Gasteiger partial charge in [0.25, 0.3) is 0 Å². The van der Waals surface area contributed by atoms with Crippen molar-refractivity contribution in [1.29, 1.82) is 0 Å². The molecular weight excluding hydrogens is 288 g/mol. The molecule has 0 heteroatoms. The second-order valence-corrected chi connectivity index (χ2v) is 9.59. The van der Waals surface area contributed by atoms with Gasteiger partial charge in [0.1, 0.15) is 0 Å². The van der Waals surface area contributed by atoms with Crippen molar-refractivity contribution in [3.8, 4) is 0 Å². The van der Waals surface area contributed by atoms with E-state index in [4.69, 9.17) is 0 Å². The quantitative estimate of drug-likeness (QED) is 0.477. The molecule has 0 aliphatic heterocycles. The molecule has 0 aromatic rings. The van der Waals surface area contributed by atoms with Crippen molar-refractivity contribution in [2.45, 2.75) is 128 Å². The Morgan fingerprint density at radius 1 is 0.208 bits per heavy atom. The maximum Gasteiger partial charge on any atom is -0.0386 e. The number of rotatable bonds is 2. The molecule has 0 radical (unpaired) electrons. The molecule has 140 valence electrons. The summed E-state index contributed by atoms with van der Waals surface area (Å²) in [5.74, 6) is 4.42. The van der Waals surface area contributed by atoms with Crippen molar-refractivity contribution in [3.63, 3.8) is 0 Å². The summed E-state index contributed by atoms with van der Waals surface area (Å²) in [6.07, 6.45) is 30.9. The molecule has 0 unspecified atom stereocenters. The summed E-state index contributed by atoms with van der Waals surface area (Å²) in [6, 6.07) is 0. The van der Waals surface area contributed by atoms with Gasteiger partial charge in [-0.2, -0.15) is 0 Å². The molecular formula is C24H44. The third-order valence-corrected chi connectivity index (χ3v) is 7.95. The van der Waals surface area contributed by atoms with Gasteiger partial charge in [0.05, 0.1) is 0 Å². The second-order valence-electron chi connectivity index (χ2n) is 9.59. The van der Waals surface area contributed by atoms with Crippen LogP contribution < -0.4 is 0 Å². The van der Waals surface area contributed by atoms with Gasteiger partial charge in [-0.25, -0.2) is 0 Å². The highest BCUT2D eigenvalue weighted by Crippen LogP contribution is 2.43. The molecule has 0 bridgehead atoms. The molecule has 3 aliphatic carbocycles. The molecule has 0 aromatic carbocycles. The van der Waals surface area contributed by atoms with Crippen molar-refractivity contribution < 1.29 is 0 Å². The summed E-state index contributed by atoms with van der Waals surface area (Å²) < 4.78 is 0. The van der Waals surface area contributed by atoms with E-state index in [2.05, 4.69) is 0 Å². The maximum absolute atomic E-state index is 1.59. The molecule has 3 aliphatic rings. The van der Waals surface area contributed by atoms with Gasteiger partial charge in [0.15, 0.2) is 0 Å². The van der Waals surface area contributed by atoms with Crippen molar-refractivity contribution in [3.05, 3.63) is 0 Å². The zero-order valence-corrected chi connectivity index (χ0v) is 16.5. The van der Waals surface area contributed by atoms with Crippen LogP contribution in [0, 0.1) is 23.7 Å². The van der Waals surface area contributed by atoms with Gasteiger partial charge in [-0.3, -0.25) is 0 Å². The van der Waals surface area contributed by atoms with E-state index in [-0.39, 0.29) is 0 Å². The standard InChI is InChI=1S/C24H44/c1-2-5-9-13-21(14-10-6-3-1)23-17-19-24(20-18-23)22-15-11-7-4-8-12-16-22/h21-24H,1-20H2. The highest BCUT2D eigenvalue weighted by atomic mass is 14.4. The fourth-order valence-corrected chi connectivity index (χ4v) is 6.36. The van der Waals surface area contributed by atoms with Crippen molar-refractivity contribution in [2.75, 3.05) is 0 Å². The highest BCUT2D eigenvalue weighted by molar-refractivity contribution is 4.82. The van der Waals surface area contributed by atoms with E-state index >= 15 is 0 Å². The number of hydrogen-bond acceptors (Lipinski definition) is 0. The molecule has 0 saturated heterocycles. The first-order valence-corrected chi connectivity index (χ1v) is 11.9. The van der Waals surface area contributed by atoms with E-state index in [1.165, 1.54) is 77.0 Å². The summed E-state index contributed by atoms with van der Waals surface area (Å²) in [5.41, 5.74) is 0. The van der Waals surface area contributed by atoms with E-state index in [0.717, 1.165) is 23.7 Å². The van der Waals surface area contributed by atoms with Crippen LogP contribution in [0.5, 0.6) is 0 Å². The predicted octanol–water partition coefficient (Wildman–Crippen LogP) is 8.29. The third-order valence-electron chi connectivity index (χ3n) is 7.95. The zero-order chi connectivity index (χ0) is 16.5. The first-order valence-electron chi connectivity index (χ1n) is 11.9. The van der Waals surface area contributed by atoms with Crippen LogP contribution in [0.15, 0.2) is 0 Å². The minimum atomic E-state index is 1.10. The van der Waals surface area contributed by atoms with Crippen LogP contribution in [0.1, 0.15) is 128 Å². The Balaban J connectivity index is 1.44. The highest BCUT2D eigenvalue weighted by Gasteiger charge is 2.31. The molecule has 3 rings (SSSR count). The van der Waals surface area contributed by atoms with Gasteiger partial charge in [-0.05, 0) is 49.4 Å². The van der Waals surface area contributed by atoms with Gasteiger partial charge in [-0.15, -0.1) is 0 Å². The van der Waals surface area contributed by atoms with Crippen molar-refractivity contribution in [1.82, 2.24) is 0 Å². The minimum Gasteiger partial charge on any atom is -0.0533 e. The SMILES string of the molecule is C1CCCCC(C2CCC(C3CCCCCCC3)CC2)CCCC1. The summed E-state index contributed by atoms with van der Waals surface area (Å²) >= 11 is 0. The lowest BCUT2D eigenvalue weighted by atomic mass is 9.68. The average molecular weight is 333 g/mol. The second kappa shape index (κ2) is 10.9.